The van der Waals surface area contributed by atoms with E-state index in [0.29, 0.717) is 11.1 Å². The van der Waals surface area contributed by atoms with Crippen LogP contribution in [0, 0.1) is 0 Å². The number of carbonyl (C=O) groups excluding carboxylic acids is 3. The van der Waals surface area contributed by atoms with E-state index < -0.39 is 5.97 Å². The van der Waals surface area contributed by atoms with Gasteiger partial charge in [-0.3, -0.25) is 14.4 Å². The second-order valence-electron chi connectivity index (χ2n) is 6.95. The number of hydrogen-bond donors (Lipinski definition) is 0. The number of amides is 1. The fraction of sp³-hybridized carbons (Fsp3) is 0.174. The molecular formula is C23H19NO4S. The number of thioether (sulfide) groups is 1. The third kappa shape index (κ3) is 3.51. The lowest BCUT2D eigenvalue weighted by Gasteiger charge is -2.21. The Balaban J connectivity index is 1.62. The number of nitrogens with zero attached hydrogens (tertiary/aromatic N) is 1. The predicted octanol–water partition coefficient (Wildman–Crippen LogP) is 3.77. The Hall–Kier alpha value is -3.12. The molecule has 1 aliphatic rings. The van der Waals surface area contributed by atoms with Crippen LogP contribution in [0.2, 0.25) is 0 Å². The van der Waals surface area contributed by atoms with Crippen LogP contribution < -0.4 is 0 Å². The number of carbonyl (C=O) groups is 3. The van der Waals surface area contributed by atoms with Gasteiger partial charge < -0.3 is 9.64 Å². The molecule has 1 aliphatic carbocycles. The average molecular weight is 405 g/mol. The average Bonchev–Trinajstić information content (AvgIpc) is 2.74. The molecule has 0 unspecified atom stereocenters. The van der Waals surface area contributed by atoms with Crippen molar-refractivity contribution in [2.24, 2.45) is 0 Å². The van der Waals surface area contributed by atoms with E-state index in [1.165, 1.54) is 16.7 Å². The van der Waals surface area contributed by atoms with Gasteiger partial charge in [0.2, 0.25) is 0 Å². The minimum atomic E-state index is -0.452. The van der Waals surface area contributed by atoms with E-state index in [9.17, 15) is 14.4 Å². The van der Waals surface area contributed by atoms with E-state index in [1.807, 2.05) is 54.6 Å². The first-order valence-electron chi connectivity index (χ1n) is 9.16. The van der Waals surface area contributed by atoms with Gasteiger partial charge in [0.05, 0.1) is 5.75 Å². The fourth-order valence-electron chi connectivity index (χ4n) is 3.43. The summed E-state index contributed by atoms with van der Waals surface area (Å²) in [5, 5.41) is 1.85. The second kappa shape index (κ2) is 7.72. The molecule has 0 atom stereocenters. The van der Waals surface area contributed by atoms with Crippen LogP contribution >= 0.6 is 11.8 Å². The second-order valence-corrected chi connectivity index (χ2v) is 7.97. The molecule has 6 heteroatoms. The van der Waals surface area contributed by atoms with Gasteiger partial charge in [0.1, 0.15) is 0 Å². The van der Waals surface area contributed by atoms with Crippen molar-refractivity contribution in [3.8, 4) is 11.1 Å². The molecule has 4 rings (SSSR count). The number of ether oxygens (including phenoxy) is 1. The molecule has 29 heavy (non-hydrogen) atoms. The normalized spacial score (nSPS) is 11.9. The van der Waals surface area contributed by atoms with Crippen molar-refractivity contribution in [3.63, 3.8) is 0 Å². The minimum Gasteiger partial charge on any atom is -0.455 e. The summed E-state index contributed by atoms with van der Waals surface area (Å²) in [6, 6.07) is 17.3. The molecule has 0 N–H and O–H groups in total. The highest BCUT2D eigenvalue weighted by Gasteiger charge is 2.25. The molecule has 3 aromatic rings. The highest BCUT2D eigenvalue weighted by Crippen LogP contribution is 2.42. The monoisotopic (exact) mass is 405 g/mol. The van der Waals surface area contributed by atoms with Gasteiger partial charge >= 0.3 is 5.97 Å². The molecule has 0 saturated heterocycles. The van der Waals surface area contributed by atoms with E-state index in [2.05, 4.69) is 0 Å². The van der Waals surface area contributed by atoms with Crippen molar-refractivity contribution < 1.29 is 19.1 Å². The van der Waals surface area contributed by atoms with Crippen molar-refractivity contribution in [1.82, 2.24) is 4.90 Å². The number of benzene rings is 3. The maximum absolute atomic E-state index is 13.0. The van der Waals surface area contributed by atoms with Crippen molar-refractivity contribution in [1.29, 1.82) is 0 Å². The predicted molar refractivity (Wildman–Crippen MR) is 113 cm³/mol. The van der Waals surface area contributed by atoms with E-state index in [0.717, 1.165) is 26.8 Å². The topological polar surface area (TPSA) is 63.7 Å². The van der Waals surface area contributed by atoms with Gasteiger partial charge in [0, 0.05) is 35.5 Å². The summed E-state index contributed by atoms with van der Waals surface area (Å²) >= 11 is 1.34. The van der Waals surface area contributed by atoms with Crippen molar-refractivity contribution in [2.45, 2.75) is 4.90 Å². The minimum absolute atomic E-state index is 0.0162. The van der Waals surface area contributed by atoms with Gasteiger partial charge in [-0.2, -0.15) is 0 Å². The van der Waals surface area contributed by atoms with E-state index in [4.69, 9.17) is 4.74 Å². The SMILES string of the molecule is CN(C)C(=O)COC(=O)CSc1ccc2c3c(cccc13)C(=O)c1ccccc1-2. The quantitative estimate of drug-likeness (QED) is 0.374. The molecule has 0 fully saturated rings. The molecule has 0 aromatic heterocycles. The Morgan fingerprint density at radius 3 is 2.38 bits per heavy atom. The van der Waals surface area contributed by atoms with E-state index in [1.54, 1.807) is 14.1 Å². The maximum atomic E-state index is 13.0. The maximum Gasteiger partial charge on any atom is 0.316 e. The first kappa shape index (κ1) is 19.2. The molecule has 0 heterocycles. The van der Waals surface area contributed by atoms with E-state index >= 15 is 0 Å². The Kier molecular flexibility index (Phi) is 5.11. The van der Waals surface area contributed by atoms with E-state index in [-0.39, 0.29) is 24.1 Å². The zero-order valence-electron chi connectivity index (χ0n) is 16.1. The molecule has 5 nitrogen and oxygen atoms in total. The number of esters is 1. The van der Waals surface area contributed by atoms with Crippen LogP contribution in [0.3, 0.4) is 0 Å². The highest BCUT2D eigenvalue weighted by molar-refractivity contribution is 8.00. The third-order valence-electron chi connectivity index (χ3n) is 4.91. The molecule has 0 spiro atoms. The molecule has 146 valence electrons. The van der Waals surface area contributed by atoms with Gasteiger partial charge in [-0.1, -0.05) is 48.5 Å². The Bertz CT molecular complexity index is 1150. The van der Waals surface area contributed by atoms with Crippen LogP contribution in [0.5, 0.6) is 0 Å². The zero-order valence-corrected chi connectivity index (χ0v) is 16.9. The van der Waals surface area contributed by atoms with Crippen LogP contribution in [0.1, 0.15) is 15.9 Å². The van der Waals surface area contributed by atoms with Gasteiger partial charge in [-0.15, -0.1) is 11.8 Å². The summed E-state index contributed by atoms with van der Waals surface area (Å²) in [5.41, 5.74) is 3.34. The van der Waals surface area contributed by atoms with Crippen molar-refractivity contribution >= 4 is 40.2 Å². The number of ketones is 1. The van der Waals surface area contributed by atoms with Crippen molar-refractivity contribution in [3.05, 3.63) is 65.7 Å². The molecule has 0 bridgehead atoms. The molecule has 0 aliphatic heterocycles. The number of rotatable bonds is 5. The van der Waals surface area contributed by atoms with Gasteiger partial charge in [-0.25, -0.2) is 0 Å². The molecule has 3 aromatic carbocycles. The van der Waals surface area contributed by atoms with Crippen molar-refractivity contribution in [2.75, 3.05) is 26.5 Å². The van der Waals surface area contributed by atoms with Gasteiger partial charge in [0.15, 0.2) is 12.4 Å². The van der Waals surface area contributed by atoms with Crippen LogP contribution in [-0.4, -0.2) is 49.0 Å². The van der Waals surface area contributed by atoms with Crippen LogP contribution in [0.4, 0.5) is 0 Å². The smallest absolute Gasteiger partial charge is 0.316 e. The number of likely N-dealkylation sites (N-methyl/N-ethyl adjacent to an activating group) is 1. The third-order valence-corrected chi connectivity index (χ3v) is 5.96. The zero-order chi connectivity index (χ0) is 20.5. The molecule has 0 saturated carbocycles. The van der Waals surface area contributed by atoms with Gasteiger partial charge in [0.25, 0.3) is 5.91 Å². The lowest BCUT2D eigenvalue weighted by molar-refractivity contribution is -0.148. The van der Waals surface area contributed by atoms with Crippen LogP contribution in [0.15, 0.2) is 59.5 Å². The van der Waals surface area contributed by atoms with Gasteiger partial charge in [-0.05, 0) is 22.6 Å². The Morgan fingerprint density at radius 1 is 0.897 bits per heavy atom. The highest BCUT2D eigenvalue weighted by atomic mass is 32.2. The first-order chi connectivity index (χ1) is 14.0. The summed E-state index contributed by atoms with van der Waals surface area (Å²) in [5.74, 6) is -0.610. The summed E-state index contributed by atoms with van der Waals surface area (Å²) in [4.78, 5) is 38.8. The number of fused-ring (bicyclic) bond motifs is 2. The van der Waals surface area contributed by atoms with Crippen LogP contribution in [0.25, 0.3) is 21.9 Å². The molecular weight excluding hydrogens is 386 g/mol. The Morgan fingerprint density at radius 2 is 1.62 bits per heavy atom. The fourth-order valence-corrected chi connectivity index (χ4v) is 4.28. The molecule has 0 radical (unpaired) electrons. The first-order valence-corrected chi connectivity index (χ1v) is 10.1. The summed E-state index contributed by atoms with van der Waals surface area (Å²) in [6.45, 7) is -0.262. The summed E-state index contributed by atoms with van der Waals surface area (Å²) in [6.07, 6.45) is 0. The Labute approximate surface area is 172 Å². The lowest BCUT2D eigenvalue weighted by Crippen LogP contribution is -2.27. The largest absolute Gasteiger partial charge is 0.455 e. The standard InChI is InChI=1S/C23H19NO4S/c1-24(2)20(25)12-28-21(26)13-29-19-11-10-15-14-6-3-4-7-16(14)23(27)18-9-5-8-17(19)22(15)18/h3-11H,12-13H2,1-2H3. The number of hydrogen-bond acceptors (Lipinski definition) is 5. The summed E-state index contributed by atoms with van der Waals surface area (Å²) in [7, 11) is 3.22. The molecule has 1 amide bonds. The lowest BCUT2D eigenvalue weighted by atomic mass is 9.83. The van der Waals surface area contributed by atoms with Crippen LogP contribution in [-0.2, 0) is 14.3 Å². The summed E-state index contributed by atoms with van der Waals surface area (Å²) < 4.78 is 5.04.